The van der Waals surface area contributed by atoms with Gasteiger partial charge in [-0.05, 0) is 60.2 Å². The predicted octanol–water partition coefficient (Wildman–Crippen LogP) is 5.45. The molecule has 0 bridgehead atoms. The molecule has 0 aliphatic rings. The highest BCUT2D eigenvalue weighted by Crippen LogP contribution is 2.18. The molecule has 4 rings (SSSR count). The number of nitrogens with zero attached hydrogens (tertiary/aromatic N) is 2. The first-order valence-electron chi connectivity index (χ1n) is 9.46. The van der Waals surface area contributed by atoms with Gasteiger partial charge in [-0.1, -0.05) is 40.2 Å². The molecule has 0 aliphatic carbocycles. The van der Waals surface area contributed by atoms with Crippen molar-refractivity contribution in [2.24, 2.45) is 0 Å². The highest BCUT2D eigenvalue weighted by molar-refractivity contribution is 9.10. The van der Waals surface area contributed by atoms with Crippen molar-refractivity contribution in [1.29, 1.82) is 5.26 Å². The van der Waals surface area contributed by atoms with Crippen LogP contribution < -0.4 is 10.1 Å². The van der Waals surface area contributed by atoms with E-state index in [4.69, 9.17) is 4.74 Å². The van der Waals surface area contributed by atoms with E-state index in [2.05, 4.69) is 31.2 Å². The Hall–Kier alpha value is -3.89. The number of halogens is 1. The summed E-state index contributed by atoms with van der Waals surface area (Å²) in [5, 5.41) is 12.1. The number of nitrogens with one attached hydrogen (secondary N) is 2. The van der Waals surface area contributed by atoms with E-state index in [0.29, 0.717) is 18.0 Å². The topological polar surface area (TPSA) is 90.8 Å². The lowest BCUT2D eigenvalue weighted by Gasteiger charge is -2.06. The van der Waals surface area contributed by atoms with Crippen molar-refractivity contribution in [3.05, 3.63) is 94.2 Å². The Balaban J connectivity index is 1.40. The fraction of sp³-hybridized carbons (Fsp3) is 0.0417. The third-order valence-electron chi connectivity index (χ3n) is 4.47. The lowest BCUT2D eigenvalue weighted by molar-refractivity contribution is -0.112. The van der Waals surface area contributed by atoms with Crippen molar-refractivity contribution >= 4 is 44.6 Å². The van der Waals surface area contributed by atoms with E-state index in [9.17, 15) is 10.1 Å². The molecule has 0 aliphatic heterocycles. The molecular weight excluding hydrogens is 456 g/mol. The number of benzene rings is 3. The summed E-state index contributed by atoms with van der Waals surface area (Å²) < 4.78 is 6.69. The number of carbonyl (C=O) groups excluding carboxylic acids is 1. The number of anilines is 1. The van der Waals surface area contributed by atoms with Gasteiger partial charge in [0.25, 0.3) is 5.91 Å². The Morgan fingerprint density at radius 3 is 2.55 bits per heavy atom. The minimum absolute atomic E-state index is 0.0128. The second-order valence-corrected chi connectivity index (χ2v) is 7.60. The van der Waals surface area contributed by atoms with Crippen molar-refractivity contribution in [3.63, 3.8) is 0 Å². The second-order valence-electron chi connectivity index (χ2n) is 6.69. The lowest BCUT2D eigenvalue weighted by atomic mass is 10.1. The van der Waals surface area contributed by atoms with E-state index < -0.39 is 5.91 Å². The normalized spacial score (nSPS) is 11.2. The molecule has 0 atom stereocenters. The molecule has 1 heterocycles. The van der Waals surface area contributed by atoms with Gasteiger partial charge in [-0.15, -0.1) is 0 Å². The molecule has 0 radical (unpaired) electrons. The standard InChI is InChI=1S/C24H17BrN4O2/c25-18-7-9-19(10-8-18)27-24(30)17(14-26)13-16-5-11-20(12-6-16)31-15-23-28-21-3-1-2-4-22(21)29-23/h1-13H,15H2,(H,27,30)(H,28,29)/b17-13-. The molecule has 0 spiro atoms. The van der Waals surface area contributed by atoms with Crippen LogP contribution in [0.3, 0.4) is 0 Å². The van der Waals surface area contributed by atoms with E-state index in [1.54, 1.807) is 36.4 Å². The number of hydrogen-bond donors (Lipinski definition) is 2. The first-order chi connectivity index (χ1) is 15.1. The number of aromatic amines is 1. The molecule has 4 aromatic rings. The van der Waals surface area contributed by atoms with Crippen molar-refractivity contribution in [3.8, 4) is 11.8 Å². The van der Waals surface area contributed by atoms with E-state index in [0.717, 1.165) is 26.9 Å². The molecule has 152 valence electrons. The summed E-state index contributed by atoms with van der Waals surface area (Å²) >= 11 is 3.34. The first-order valence-corrected chi connectivity index (χ1v) is 10.3. The van der Waals surface area contributed by atoms with Gasteiger partial charge in [-0.3, -0.25) is 4.79 Å². The minimum Gasteiger partial charge on any atom is -0.486 e. The Labute approximate surface area is 187 Å². The number of nitriles is 1. The quantitative estimate of drug-likeness (QED) is 0.288. The van der Waals surface area contributed by atoms with Crippen molar-refractivity contribution < 1.29 is 9.53 Å². The fourth-order valence-electron chi connectivity index (χ4n) is 2.93. The molecule has 2 N–H and O–H groups in total. The summed E-state index contributed by atoms with van der Waals surface area (Å²) in [7, 11) is 0. The van der Waals surface area contributed by atoms with Crippen LogP contribution in [0.5, 0.6) is 5.75 Å². The average Bonchev–Trinajstić information content (AvgIpc) is 3.21. The summed E-state index contributed by atoms with van der Waals surface area (Å²) in [5.74, 6) is 0.937. The van der Waals surface area contributed by atoms with Gasteiger partial charge >= 0.3 is 0 Å². The third-order valence-corrected chi connectivity index (χ3v) is 5.00. The van der Waals surface area contributed by atoms with Crippen molar-refractivity contribution in [1.82, 2.24) is 9.97 Å². The van der Waals surface area contributed by atoms with Crippen LogP contribution in [-0.2, 0) is 11.4 Å². The van der Waals surface area contributed by atoms with Crippen LogP contribution >= 0.6 is 15.9 Å². The highest BCUT2D eigenvalue weighted by Gasteiger charge is 2.10. The zero-order valence-electron chi connectivity index (χ0n) is 16.3. The van der Waals surface area contributed by atoms with Gasteiger partial charge < -0.3 is 15.0 Å². The first kappa shape index (κ1) is 20.4. The number of imidazole rings is 1. The van der Waals surface area contributed by atoms with E-state index in [-0.39, 0.29) is 5.57 Å². The molecule has 6 nitrogen and oxygen atoms in total. The van der Waals surface area contributed by atoms with Gasteiger partial charge in [0.15, 0.2) is 0 Å². The molecule has 31 heavy (non-hydrogen) atoms. The summed E-state index contributed by atoms with van der Waals surface area (Å²) in [5.41, 5.74) is 3.21. The Morgan fingerprint density at radius 2 is 1.84 bits per heavy atom. The van der Waals surface area contributed by atoms with Crippen molar-refractivity contribution in [2.75, 3.05) is 5.32 Å². The van der Waals surface area contributed by atoms with E-state index in [1.165, 1.54) is 6.08 Å². The van der Waals surface area contributed by atoms with Gasteiger partial charge in [0, 0.05) is 10.2 Å². The van der Waals surface area contributed by atoms with Gasteiger partial charge in [0.2, 0.25) is 0 Å². The van der Waals surface area contributed by atoms with Gasteiger partial charge in [0.1, 0.15) is 29.8 Å². The Morgan fingerprint density at radius 1 is 1.10 bits per heavy atom. The predicted molar refractivity (Wildman–Crippen MR) is 123 cm³/mol. The lowest BCUT2D eigenvalue weighted by Crippen LogP contribution is -2.13. The number of amides is 1. The molecule has 3 aromatic carbocycles. The number of hydrogen-bond acceptors (Lipinski definition) is 4. The third kappa shape index (κ3) is 5.18. The molecular formula is C24H17BrN4O2. The fourth-order valence-corrected chi connectivity index (χ4v) is 3.20. The maximum atomic E-state index is 12.4. The molecule has 0 unspecified atom stereocenters. The van der Waals surface area contributed by atoms with Crippen LogP contribution in [0.15, 0.2) is 82.8 Å². The summed E-state index contributed by atoms with van der Waals surface area (Å²) in [6.45, 7) is 0.308. The number of H-pyrrole nitrogens is 1. The Bertz CT molecular complexity index is 1250. The number of para-hydroxylation sites is 2. The molecule has 7 heteroatoms. The largest absolute Gasteiger partial charge is 0.486 e. The smallest absolute Gasteiger partial charge is 0.266 e. The number of carbonyl (C=O) groups is 1. The Kier molecular flexibility index (Phi) is 6.11. The molecule has 0 saturated heterocycles. The summed E-state index contributed by atoms with van der Waals surface area (Å²) in [6, 6.07) is 24.0. The minimum atomic E-state index is -0.463. The van der Waals surface area contributed by atoms with E-state index >= 15 is 0 Å². The molecule has 0 saturated carbocycles. The summed E-state index contributed by atoms with van der Waals surface area (Å²) in [4.78, 5) is 20.1. The maximum Gasteiger partial charge on any atom is 0.266 e. The number of fused-ring (bicyclic) bond motifs is 1. The SMILES string of the molecule is N#C/C(=C/c1ccc(OCc2nc3ccccc3[nH]2)cc1)C(=O)Nc1ccc(Br)cc1. The zero-order chi connectivity index (χ0) is 21.6. The van der Waals surface area contributed by atoms with Crippen LogP contribution in [0, 0.1) is 11.3 Å². The number of aromatic nitrogens is 2. The van der Waals surface area contributed by atoms with Crippen LogP contribution in [0.1, 0.15) is 11.4 Å². The second kappa shape index (κ2) is 9.28. The van der Waals surface area contributed by atoms with E-state index in [1.807, 2.05) is 42.5 Å². The maximum absolute atomic E-state index is 12.4. The molecule has 1 amide bonds. The number of rotatable bonds is 6. The number of ether oxygens (including phenoxy) is 1. The molecule has 0 fully saturated rings. The molecule has 1 aromatic heterocycles. The average molecular weight is 473 g/mol. The van der Waals surface area contributed by atoms with Crippen LogP contribution in [0.2, 0.25) is 0 Å². The summed E-state index contributed by atoms with van der Waals surface area (Å²) in [6.07, 6.45) is 1.54. The highest BCUT2D eigenvalue weighted by atomic mass is 79.9. The zero-order valence-corrected chi connectivity index (χ0v) is 17.9. The van der Waals surface area contributed by atoms with Crippen LogP contribution in [-0.4, -0.2) is 15.9 Å². The monoisotopic (exact) mass is 472 g/mol. The van der Waals surface area contributed by atoms with Gasteiger partial charge in [-0.2, -0.15) is 5.26 Å². The van der Waals surface area contributed by atoms with Crippen LogP contribution in [0.25, 0.3) is 17.1 Å². The van der Waals surface area contributed by atoms with Crippen molar-refractivity contribution in [2.45, 2.75) is 6.61 Å². The van der Waals surface area contributed by atoms with Gasteiger partial charge in [0.05, 0.1) is 11.0 Å². The van der Waals surface area contributed by atoms with Crippen LogP contribution in [0.4, 0.5) is 5.69 Å². The van der Waals surface area contributed by atoms with Gasteiger partial charge in [-0.25, -0.2) is 4.98 Å².